The molecule has 1 aliphatic heterocycles. The smallest absolute Gasteiger partial charge is 0.254 e. The molecule has 7 nitrogen and oxygen atoms in total. The minimum Gasteiger partial charge on any atom is -0.497 e. The number of amides is 2. The highest BCUT2D eigenvalue weighted by molar-refractivity contribution is 7.10. The highest BCUT2D eigenvalue weighted by Crippen LogP contribution is 2.33. The van der Waals surface area contributed by atoms with E-state index in [1.807, 2.05) is 28.5 Å². The lowest BCUT2D eigenvalue weighted by atomic mass is 10.1. The van der Waals surface area contributed by atoms with E-state index in [1.54, 1.807) is 47.6 Å². The van der Waals surface area contributed by atoms with Crippen molar-refractivity contribution in [2.75, 3.05) is 27.0 Å². The summed E-state index contributed by atoms with van der Waals surface area (Å²) in [6.07, 6.45) is 2.19. The molecule has 0 N–H and O–H groups in total. The van der Waals surface area contributed by atoms with Gasteiger partial charge >= 0.3 is 0 Å². The molecule has 0 unspecified atom stereocenters. The summed E-state index contributed by atoms with van der Waals surface area (Å²) in [6.45, 7) is 3.80. The van der Waals surface area contributed by atoms with Crippen LogP contribution in [0, 0.1) is 12.8 Å². The Labute approximate surface area is 215 Å². The summed E-state index contributed by atoms with van der Waals surface area (Å²) < 4.78 is 16.2. The first-order chi connectivity index (χ1) is 17.5. The van der Waals surface area contributed by atoms with Crippen molar-refractivity contribution in [2.45, 2.75) is 32.9 Å². The van der Waals surface area contributed by atoms with Gasteiger partial charge in [-0.1, -0.05) is 6.07 Å². The third-order valence-corrected chi connectivity index (χ3v) is 7.60. The summed E-state index contributed by atoms with van der Waals surface area (Å²) in [6, 6.07) is 14.9. The average molecular weight is 507 g/mol. The summed E-state index contributed by atoms with van der Waals surface area (Å²) in [7, 11) is 1.60. The zero-order valence-corrected chi connectivity index (χ0v) is 21.4. The Balaban J connectivity index is 1.36. The van der Waals surface area contributed by atoms with E-state index in [4.69, 9.17) is 14.2 Å². The lowest BCUT2D eigenvalue weighted by Gasteiger charge is -2.28. The van der Waals surface area contributed by atoms with E-state index in [1.165, 1.54) is 0 Å². The Morgan fingerprint density at radius 1 is 1.00 bits per heavy atom. The molecule has 1 saturated carbocycles. The molecule has 0 atom stereocenters. The highest BCUT2D eigenvalue weighted by Gasteiger charge is 2.30. The Hall–Kier alpha value is -3.52. The van der Waals surface area contributed by atoms with Gasteiger partial charge in [-0.3, -0.25) is 9.59 Å². The minimum absolute atomic E-state index is 0.0380. The van der Waals surface area contributed by atoms with Crippen LogP contribution in [0.5, 0.6) is 17.2 Å². The summed E-state index contributed by atoms with van der Waals surface area (Å²) in [4.78, 5) is 31.8. The molecule has 8 heteroatoms. The van der Waals surface area contributed by atoms with Crippen LogP contribution < -0.4 is 14.2 Å². The zero-order chi connectivity index (χ0) is 25.1. The molecule has 2 aromatic carbocycles. The number of carbonyl (C=O) groups is 2. The minimum atomic E-state index is -0.131. The normalized spacial score (nSPS) is 13.9. The van der Waals surface area contributed by atoms with Gasteiger partial charge in [-0.2, -0.15) is 0 Å². The van der Waals surface area contributed by atoms with Crippen molar-refractivity contribution in [2.24, 2.45) is 5.92 Å². The fourth-order valence-electron chi connectivity index (χ4n) is 4.24. The van der Waals surface area contributed by atoms with Crippen LogP contribution in [0.2, 0.25) is 0 Å². The fraction of sp³-hybridized carbons (Fsp3) is 0.357. The maximum atomic E-state index is 13.7. The van der Waals surface area contributed by atoms with Crippen LogP contribution in [0.15, 0.2) is 53.9 Å². The summed E-state index contributed by atoms with van der Waals surface area (Å²) in [5, 5.41) is 2.04. The SMILES string of the molecule is COc1ccc(C(=O)N(CC(=O)N(Cc2ccc3c(c2)OCO3)Cc2sccc2C)CC2CC2)cc1. The van der Waals surface area contributed by atoms with Crippen molar-refractivity contribution in [3.63, 3.8) is 0 Å². The van der Waals surface area contributed by atoms with Gasteiger partial charge in [-0.15, -0.1) is 11.3 Å². The zero-order valence-electron chi connectivity index (χ0n) is 20.6. The molecule has 3 aromatic rings. The van der Waals surface area contributed by atoms with E-state index < -0.39 is 0 Å². The van der Waals surface area contributed by atoms with Crippen LogP contribution in [0.4, 0.5) is 0 Å². The molecule has 1 aromatic heterocycles. The van der Waals surface area contributed by atoms with Gasteiger partial charge in [0.15, 0.2) is 11.5 Å². The maximum absolute atomic E-state index is 13.7. The maximum Gasteiger partial charge on any atom is 0.254 e. The average Bonchev–Trinajstić information content (AvgIpc) is 3.43. The first kappa shape index (κ1) is 24.2. The van der Waals surface area contributed by atoms with Crippen LogP contribution in [0.1, 0.15) is 39.2 Å². The van der Waals surface area contributed by atoms with Gasteiger partial charge < -0.3 is 24.0 Å². The van der Waals surface area contributed by atoms with Crippen molar-refractivity contribution < 1.29 is 23.8 Å². The number of aryl methyl sites for hydroxylation is 1. The van der Waals surface area contributed by atoms with Gasteiger partial charge in [0.2, 0.25) is 12.7 Å². The van der Waals surface area contributed by atoms with Gasteiger partial charge in [-0.25, -0.2) is 0 Å². The predicted octanol–water partition coefficient (Wildman–Crippen LogP) is 4.88. The van der Waals surface area contributed by atoms with Crippen molar-refractivity contribution in [1.82, 2.24) is 9.80 Å². The van der Waals surface area contributed by atoms with E-state index >= 15 is 0 Å². The molecule has 0 bridgehead atoms. The molecule has 2 heterocycles. The molecule has 2 amide bonds. The number of carbonyl (C=O) groups excluding carboxylic acids is 2. The van der Waals surface area contributed by atoms with Crippen LogP contribution in [-0.2, 0) is 17.9 Å². The molecule has 2 aliphatic rings. The quantitative estimate of drug-likeness (QED) is 0.392. The van der Waals surface area contributed by atoms with Gasteiger partial charge in [0, 0.05) is 23.5 Å². The van der Waals surface area contributed by atoms with E-state index in [0.29, 0.717) is 48.4 Å². The number of hydrogen-bond acceptors (Lipinski definition) is 6. The number of methoxy groups -OCH3 is 1. The Kier molecular flexibility index (Phi) is 7.13. The van der Waals surface area contributed by atoms with Gasteiger partial charge in [0.25, 0.3) is 5.91 Å². The number of nitrogens with zero attached hydrogens (tertiary/aromatic N) is 2. The molecule has 36 heavy (non-hydrogen) atoms. The molecule has 0 radical (unpaired) electrons. The van der Waals surface area contributed by atoms with Crippen molar-refractivity contribution in [1.29, 1.82) is 0 Å². The number of rotatable bonds is 10. The molecular weight excluding hydrogens is 476 g/mol. The molecule has 0 spiro atoms. The van der Waals surface area contributed by atoms with Crippen LogP contribution >= 0.6 is 11.3 Å². The molecule has 5 rings (SSSR count). The van der Waals surface area contributed by atoms with Gasteiger partial charge in [0.05, 0.1) is 13.7 Å². The summed E-state index contributed by atoms with van der Waals surface area (Å²) in [5.41, 5.74) is 2.67. The second-order valence-corrected chi connectivity index (χ2v) is 10.3. The second-order valence-electron chi connectivity index (χ2n) is 9.32. The third kappa shape index (κ3) is 5.65. The van der Waals surface area contributed by atoms with Gasteiger partial charge in [-0.05, 0) is 84.7 Å². The van der Waals surface area contributed by atoms with Crippen LogP contribution in [-0.4, -0.2) is 48.6 Å². The monoisotopic (exact) mass is 506 g/mol. The van der Waals surface area contributed by atoms with Crippen molar-refractivity contribution in [3.05, 3.63) is 75.5 Å². The second kappa shape index (κ2) is 10.6. The fourth-order valence-corrected chi connectivity index (χ4v) is 5.16. The number of ether oxygens (including phenoxy) is 3. The molecule has 0 saturated heterocycles. The molecule has 1 aliphatic carbocycles. The lowest BCUT2D eigenvalue weighted by Crippen LogP contribution is -2.43. The number of hydrogen-bond donors (Lipinski definition) is 0. The van der Waals surface area contributed by atoms with E-state index in [9.17, 15) is 9.59 Å². The number of thiophene rings is 1. The van der Waals surface area contributed by atoms with E-state index in [-0.39, 0.29) is 25.2 Å². The van der Waals surface area contributed by atoms with Gasteiger partial charge in [0.1, 0.15) is 12.3 Å². The Morgan fingerprint density at radius 3 is 2.47 bits per heavy atom. The first-order valence-electron chi connectivity index (χ1n) is 12.1. The largest absolute Gasteiger partial charge is 0.497 e. The highest BCUT2D eigenvalue weighted by atomic mass is 32.1. The molecule has 188 valence electrons. The predicted molar refractivity (Wildman–Crippen MR) is 137 cm³/mol. The Bertz CT molecular complexity index is 1230. The summed E-state index contributed by atoms with van der Waals surface area (Å²) >= 11 is 1.64. The standard InChI is InChI=1S/C28H30N2O5S/c1-19-11-12-36-26(19)16-29(15-21-5-10-24-25(13-21)35-18-34-24)27(31)17-30(14-20-3-4-20)28(32)22-6-8-23(33-2)9-7-22/h5-13,20H,3-4,14-18H2,1-2H3. The third-order valence-electron chi connectivity index (χ3n) is 6.59. The molecular formula is C28H30N2O5S. The first-order valence-corrected chi connectivity index (χ1v) is 13.0. The van der Waals surface area contributed by atoms with Crippen molar-refractivity contribution in [3.8, 4) is 17.2 Å². The van der Waals surface area contributed by atoms with E-state index in [0.717, 1.165) is 28.8 Å². The van der Waals surface area contributed by atoms with E-state index in [2.05, 4.69) is 13.0 Å². The van der Waals surface area contributed by atoms with Crippen LogP contribution in [0.3, 0.4) is 0 Å². The van der Waals surface area contributed by atoms with Crippen LogP contribution in [0.25, 0.3) is 0 Å². The topological polar surface area (TPSA) is 68.3 Å². The lowest BCUT2D eigenvalue weighted by molar-refractivity contribution is -0.133. The van der Waals surface area contributed by atoms with Crippen molar-refractivity contribution >= 4 is 23.2 Å². The summed E-state index contributed by atoms with van der Waals surface area (Å²) in [5.74, 6) is 2.35. The molecule has 1 fully saturated rings. The number of benzene rings is 2. The Morgan fingerprint density at radius 2 is 1.78 bits per heavy atom. The number of fused-ring (bicyclic) bond motifs is 1.